The van der Waals surface area contributed by atoms with Crippen LogP contribution in [0.25, 0.3) is 0 Å². The molecule has 1 aromatic carbocycles. The summed E-state index contributed by atoms with van der Waals surface area (Å²) < 4.78 is 5.98. The first kappa shape index (κ1) is 24.1. The van der Waals surface area contributed by atoms with Crippen LogP contribution in [0.5, 0.6) is 5.75 Å². The summed E-state index contributed by atoms with van der Waals surface area (Å²) in [5.41, 5.74) is 1.68. The van der Waals surface area contributed by atoms with E-state index in [-0.39, 0.29) is 12.5 Å². The molecule has 1 aromatic heterocycles. The maximum absolute atomic E-state index is 12.1. The highest BCUT2D eigenvalue weighted by Crippen LogP contribution is 2.24. The number of ether oxygens (including phenoxy) is 1. The van der Waals surface area contributed by atoms with Crippen LogP contribution < -0.4 is 10.1 Å². The molecule has 8 nitrogen and oxygen atoms in total. The van der Waals surface area contributed by atoms with E-state index in [1.807, 2.05) is 12.1 Å². The molecule has 33 heavy (non-hydrogen) atoms. The van der Waals surface area contributed by atoms with Gasteiger partial charge in [0, 0.05) is 38.1 Å². The molecule has 2 atom stereocenters. The minimum atomic E-state index is -1.35. The van der Waals surface area contributed by atoms with Crippen molar-refractivity contribution in [2.45, 2.75) is 43.9 Å². The number of nitrogens with one attached hydrogen (secondary N) is 1. The first-order chi connectivity index (χ1) is 16.0. The van der Waals surface area contributed by atoms with Gasteiger partial charge >= 0.3 is 0 Å². The molecule has 3 heterocycles. The summed E-state index contributed by atoms with van der Waals surface area (Å²) in [4.78, 5) is 20.7. The lowest BCUT2D eigenvalue weighted by Gasteiger charge is -2.42. The third-order valence-corrected chi connectivity index (χ3v) is 7.15. The lowest BCUT2D eigenvalue weighted by molar-refractivity contribution is -0.116. The number of carbonyl (C=O) groups is 1. The van der Waals surface area contributed by atoms with E-state index in [1.54, 1.807) is 10.9 Å². The fraction of sp³-hybridized carbons (Fsp3) is 0.583. The number of benzene rings is 1. The molecule has 0 spiro atoms. The predicted octanol–water partition coefficient (Wildman–Crippen LogP) is 1.74. The molecule has 2 fully saturated rings. The van der Waals surface area contributed by atoms with Gasteiger partial charge in [-0.05, 0) is 50.0 Å². The van der Waals surface area contributed by atoms with E-state index in [0.717, 1.165) is 17.9 Å². The summed E-state index contributed by atoms with van der Waals surface area (Å²) in [7, 11) is 0. The number of aromatic nitrogens is 1. The van der Waals surface area contributed by atoms with Crippen molar-refractivity contribution in [2.24, 2.45) is 0 Å². The van der Waals surface area contributed by atoms with Gasteiger partial charge in [0.25, 0.3) is 5.91 Å². The minimum absolute atomic E-state index is 0.00128. The Morgan fingerprint density at radius 3 is 2.85 bits per heavy atom. The van der Waals surface area contributed by atoms with E-state index in [0.29, 0.717) is 38.4 Å². The van der Waals surface area contributed by atoms with E-state index in [2.05, 4.69) is 32.2 Å². The van der Waals surface area contributed by atoms with Gasteiger partial charge in [0.05, 0.1) is 11.6 Å². The van der Waals surface area contributed by atoms with Crippen LogP contribution in [-0.2, 0) is 6.54 Å². The number of β-amino-alcohol motifs (C(OH)–C–C–N with tert-alkyl or cyclic N) is 1. The number of thiazole rings is 1. The molecular weight excluding hydrogens is 440 g/mol. The number of piperidine rings is 2. The first-order valence-corrected chi connectivity index (χ1v) is 12.7. The van der Waals surface area contributed by atoms with Crippen molar-refractivity contribution in [1.82, 2.24) is 20.1 Å². The van der Waals surface area contributed by atoms with Crippen LogP contribution in [0.15, 0.2) is 35.2 Å². The molecule has 2 aliphatic rings. The Morgan fingerprint density at radius 2 is 2.09 bits per heavy atom. The van der Waals surface area contributed by atoms with Crippen molar-refractivity contribution in [3.8, 4) is 5.75 Å². The zero-order valence-corrected chi connectivity index (χ0v) is 19.8. The minimum Gasteiger partial charge on any atom is -0.492 e. The van der Waals surface area contributed by atoms with E-state index in [9.17, 15) is 15.0 Å². The number of likely N-dealkylation sites (tertiary alicyclic amines) is 2. The Balaban J connectivity index is 1.23. The highest BCUT2D eigenvalue weighted by atomic mass is 32.1. The van der Waals surface area contributed by atoms with Crippen molar-refractivity contribution >= 4 is 17.2 Å². The van der Waals surface area contributed by atoms with Gasteiger partial charge in [-0.1, -0.05) is 18.6 Å². The van der Waals surface area contributed by atoms with Crippen LogP contribution in [0.4, 0.5) is 0 Å². The maximum atomic E-state index is 12.1. The topological polar surface area (TPSA) is 98.2 Å². The third kappa shape index (κ3) is 6.74. The Kier molecular flexibility index (Phi) is 8.32. The molecule has 2 aliphatic heterocycles. The molecule has 0 aliphatic carbocycles. The van der Waals surface area contributed by atoms with Crippen LogP contribution >= 0.6 is 11.3 Å². The summed E-state index contributed by atoms with van der Waals surface area (Å²) in [6.07, 6.45) is 3.32. The molecule has 0 bridgehead atoms. The monoisotopic (exact) mass is 474 g/mol. The highest BCUT2D eigenvalue weighted by molar-refractivity contribution is 7.07. The van der Waals surface area contributed by atoms with Crippen molar-refractivity contribution in [3.63, 3.8) is 0 Å². The average Bonchev–Trinajstić information content (AvgIpc) is 3.37. The molecule has 0 unspecified atom stereocenters. The smallest absolute Gasteiger partial charge is 0.270 e. The van der Waals surface area contributed by atoms with Crippen molar-refractivity contribution < 1.29 is 19.7 Å². The van der Waals surface area contributed by atoms with Crippen LogP contribution in [-0.4, -0.2) is 88.5 Å². The molecule has 3 N–H and O–H groups in total. The predicted molar refractivity (Wildman–Crippen MR) is 128 cm³/mol. The molecule has 180 valence electrons. The largest absolute Gasteiger partial charge is 0.492 e. The molecule has 4 rings (SSSR count). The zero-order valence-electron chi connectivity index (χ0n) is 19.0. The van der Waals surface area contributed by atoms with Crippen molar-refractivity contribution in [2.75, 3.05) is 45.9 Å². The zero-order chi connectivity index (χ0) is 23.1. The van der Waals surface area contributed by atoms with E-state index >= 15 is 0 Å². The number of hydrogen-bond donors (Lipinski definition) is 3. The second-order valence-corrected chi connectivity index (χ2v) is 9.78. The van der Waals surface area contributed by atoms with Crippen molar-refractivity contribution in [1.29, 1.82) is 0 Å². The summed E-state index contributed by atoms with van der Waals surface area (Å²) in [6, 6.07) is 8.08. The van der Waals surface area contributed by atoms with Gasteiger partial charge < -0.3 is 20.3 Å². The van der Waals surface area contributed by atoms with Gasteiger partial charge in [0.15, 0.2) is 0 Å². The summed E-state index contributed by atoms with van der Waals surface area (Å²) in [5, 5.41) is 25.9. The Bertz CT molecular complexity index is 890. The second-order valence-electron chi connectivity index (χ2n) is 9.06. The SMILES string of the molecule is O=C(NC[C@]1(O)CCN(Cc2cccc(OCCN3CCCCC3)c2)C[C@H]1O)c1cscn1. The lowest BCUT2D eigenvalue weighted by Crippen LogP contribution is -2.60. The van der Waals surface area contributed by atoms with E-state index in [1.165, 1.54) is 43.7 Å². The molecule has 0 radical (unpaired) electrons. The number of aliphatic hydroxyl groups is 2. The van der Waals surface area contributed by atoms with Gasteiger partial charge in [0.1, 0.15) is 23.7 Å². The fourth-order valence-corrected chi connectivity index (χ4v) is 5.02. The molecule has 1 amide bonds. The molecular formula is C24H34N4O4S. The highest BCUT2D eigenvalue weighted by Gasteiger charge is 2.40. The number of carbonyl (C=O) groups excluding carboxylic acids is 1. The van der Waals surface area contributed by atoms with Crippen LogP contribution in [0.2, 0.25) is 0 Å². The number of aliphatic hydroxyl groups excluding tert-OH is 1. The van der Waals surface area contributed by atoms with Crippen LogP contribution in [0.3, 0.4) is 0 Å². The molecule has 2 aromatic rings. The Labute approximate surface area is 199 Å². The van der Waals surface area contributed by atoms with Gasteiger partial charge in [-0.3, -0.25) is 14.6 Å². The summed E-state index contributed by atoms with van der Waals surface area (Å²) in [6.45, 7) is 5.61. The number of hydrogen-bond acceptors (Lipinski definition) is 8. The molecule has 0 saturated carbocycles. The van der Waals surface area contributed by atoms with Gasteiger partial charge in [0.2, 0.25) is 0 Å². The number of amides is 1. The summed E-state index contributed by atoms with van der Waals surface area (Å²) >= 11 is 1.34. The maximum Gasteiger partial charge on any atom is 0.270 e. The standard InChI is InChI=1S/C24H34N4O4S/c29-22-15-28(10-7-24(22,31)17-25-23(30)21-16-33-18-26-21)14-19-5-4-6-20(13-19)32-12-11-27-8-2-1-3-9-27/h4-6,13,16,18,22,29,31H,1-3,7-12,14-15,17H2,(H,25,30)/t22-,24-/m1/s1. The fourth-order valence-electron chi connectivity index (χ4n) is 4.49. The second kappa shape index (κ2) is 11.4. The average molecular weight is 475 g/mol. The van der Waals surface area contributed by atoms with E-state index in [4.69, 9.17) is 4.74 Å². The quantitative estimate of drug-likeness (QED) is 0.509. The normalized spacial score (nSPS) is 24.5. The Hall–Kier alpha value is -2.04. The third-order valence-electron chi connectivity index (χ3n) is 6.56. The van der Waals surface area contributed by atoms with Gasteiger partial charge in [-0.15, -0.1) is 11.3 Å². The molecule has 9 heteroatoms. The first-order valence-electron chi connectivity index (χ1n) is 11.8. The van der Waals surface area contributed by atoms with Crippen molar-refractivity contribution in [3.05, 3.63) is 46.4 Å². The lowest BCUT2D eigenvalue weighted by atomic mass is 9.88. The summed E-state index contributed by atoms with van der Waals surface area (Å²) in [5.74, 6) is 0.528. The van der Waals surface area contributed by atoms with Gasteiger partial charge in [-0.25, -0.2) is 4.98 Å². The molecule has 2 saturated heterocycles. The van der Waals surface area contributed by atoms with E-state index < -0.39 is 11.7 Å². The number of nitrogens with zero attached hydrogens (tertiary/aromatic N) is 3. The number of rotatable bonds is 9. The van der Waals surface area contributed by atoms with Crippen LogP contribution in [0, 0.1) is 0 Å². The van der Waals surface area contributed by atoms with Crippen LogP contribution in [0.1, 0.15) is 41.7 Å². The van der Waals surface area contributed by atoms with Gasteiger partial charge in [-0.2, -0.15) is 0 Å². The Morgan fingerprint density at radius 1 is 1.24 bits per heavy atom.